The lowest BCUT2D eigenvalue weighted by molar-refractivity contribution is 0.0513. The van der Waals surface area contributed by atoms with E-state index < -0.39 is 17.8 Å². The molecule has 0 aromatic heterocycles. The van der Waals surface area contributed by atoms with E-state index >= 15 is 0 Å². The summed E-state index contributed by atoms with van der Waals surface area (Å²) in [6, 6.07) is 38.9. The van der Waals surface area contributed by atoms with Gasteiger partial charge in [-0.2, -0.15) is 0 Å². The Morgan fingerprint density at radius 2 is 1.16 bits per heavy atom. The lowest BCUT2D eigenvalue weighted by atomic mass is 10.0. The zero-order chi connectivity index (χ0) is 31.2. The van der Waals surface area contributed by atoms with E-state index in [1.165, 1.54) is 0 Å². The summed E-state index contributed by atoms with van der Waals surface area (Å²) in [5.41, 5.74) is 3.43. The topological polar surface area (TPSA) is 67.9 Å². The molecule has 2 atom stereocenters. The molecule has 0 radical (unpaired) electrons. The zero-order valence-corrected chi connectivity index (χ0v) is 25.8. The molecule has 0 aliphatic heterocycles. The minimum Gasteiger partial charge on any atom is -0.445 e. The van der Waals surface area contributed by atoms with Gasteiger partial charge < -0.3 is 14.8 Å². The summed E-state index contributed by atoms with van der Waals surface area (Å²) in [4.78, 5) is 28.4. The maximum Gasteiger partial charge on any atom is 0.410 e. The molecule has 0 heterocycles. The van der Waals surface area contributed by atoms with Gasteiger partial charge in [0.1, 0.15) is 12.2 Å². The molecule has 44 heavy (non-hydrogen) atoms. The van der Waals surface area contributed by atoms with Gasteiger partial charge in [-0.15, -0.1) is 0 Å². The Morgan fingerprint density at radius 3 is 1.68 bits per heavy atom. The minimum atomic E-state index is -0.629. The van der Waals surface area contributed by atoms with Gasteiger partial charge in [0.25, 0.3) is 0 Å². The van der Waals surface area contributed by atoms with Crippen molar-refractivity contribution in [1.29, 1.82) is 0 Å². The van der Waals surface area contributed by atoms with E-state index in [1.54, 1.807) is 4.90 Å². The van der Waals surface area contributed by atoms with Crippen LogP contribution in [0.5, 0.6) is 0 Å². The number of amides is 2. The van der Waals surface area contributed by atoms with Crippen molar-refractivity contribution in [2.75, 3.05) is 0 Å². The average Bonchev–Trinajstić information content (AvgIpc) is 3.02. The SMILES string of the molecule is CC(C)(C)OC(=O)NC(/C=C/C(Cc1ccccc1)N(Cc1ccccc1)C(=O)OCc1ccccc1)Cc1ccccc1. The van der Waals surface area contributed by atoms with Gasteiger partial charge in [0.05, 0.1) is 12.1 Å². The first-order chi connectivity index (χ1) is 21.2. The minimum absolute atomic E-state index is 0.170. The normalized spacial score (nSPS) is 12.7. The Bertz CT molecular complexity index is 1450. The van der Waals surface area contributed by atoms with Gasteiger partial charge in [-0.3, -0.25) is 4.90 Å². The zero-order valence-electron chi connectivity index (χ0n) is 25.8. The van der Waals surface area contributed by atoms with Crippen LogP contribution in [-0.2, 0) is 35.5 Å². The van der Waals surface area contributed by atoms with Gasteiger partial charge >= 0.3 is 12.2 Å². The molecule has 0 saturated carbocycles. The summed E-state index contributed by atoms with van der Waals surface area (Å²) >= 11 is 0. The number of nitrogens with one attached hydrogen (secondary N) is 1. The van der Waals surface area contributed by atoms with Crippen molar-refractivity contribution in [2.24, 2.45) is 0 Å². The summed E-state index contributed by atoms with van der Waals surface area (Å²) in [6.45, 7) is 6.05. The van der Waals surface area contributed by atoms with E-state index in [9.17, 15) is 9.59 Å². The van der Waals surface area contributed by atoms with Crippen molar-refractivity contribution < 1.29 is 19.1 Å². The number of ether oxygens (including phenoxy) is 2. The summed E-state index contributed by atoms with van der Waals surface area (Å²) in [5, 5.41) is 3.02. The standard InChI is InChI=1S/C38H42N2O4/c1-38(2,3)44-36(41)39-34(26-30-16-8-4-9-17-30)24-25-35(27-31-18-10-5-11-19-31)40(28-32-20-12-6-13-21-32)37(42)43-29-33-22-14-7-15-23-33/h4-25,34-35H,26-29H2,1-3H3,(H,39,41)/b25-24+. The first-order valence-corrected chi connectivity index (χ1v) is 15.0. The molecule has 0 aliphatic rings. The highest BCUT2D eigenvalue weighted by atomic mass is 16.6. The number of carbonyl (C=O) groups is 2. The van der Waals surface area contributed by atoms with Gasteiger partial charge in [-0.25, -0.2) is 9.59 Å². The van der Waals surface area contributed by atoms with E-state index in [4.69, 9.17) is 9.47 Å². The third-order valence-corrected chi connectivity index (χ3v) is 6.89. The van der Waals surface area contributed by atoms with Crippen LogP contribution in [0.1, 0.15) is 43.0 Å². The van der Waals surface area contributed by atoms with Crippen LogP contribution in [0, 0.1) is 0 Å². The molecule has 2 amide bonds. The van der Waals surface area contributed by atoms with Crippen LogP contribution < -0.4 is 5.32 Å². The Morgan fingerprint density at radius 1 is 0.682 bits per heavy atom. The molecule has 228 valence electrons. The lowest BCUT2D eigenvalue weighted by Crippen LogP contribution is -2.42. The van der Waals surface area contributed by atoms with E-state index in [0.717, 1.165) is 22.3 Å². The van der Waals surface area contributed by atoms with Crippen molar-refractivity contribution >= 4 is 12.2 Å². The lowest BCUT2D eigenvalue weighted by Gasteiger charge is -2.30. The van der Waals surface area contributed by atoms with Crippen molar-refractivity contribution in [3.8, 4) is 0 Å². The first-order valence-electron chi connectivity index (χ1n) is 15.0. The second-order valence-electron chi connectivity index (χ2n) is 11.7. The molecule has 4 aromatic rings. The Labute approximate surface area is 261 Å². The fourth-order valence-corrected chi connectivity index (χ4v) is 4.79. The van der Waals surface area contributed by atoms with Crippen LogP contribution in [0.15, 0.2) is 133 Å². The van der Waals surface area contributed by atoms with E-state index in [0.29, 0.717) is 19.4 Å². The fourth-order valence-electron chi connectivity index (χ4n) is 4.79. The number of benzene rings is 4. The molecule has 0 saturated heterocycles. The number of alkyl carbamates (subject to hydrolysis) is 1. The molecular formula is C38H42N2O4. The summed E-state index contributed by atoms with van der Waals surface area (Å²) in [5.74, 6) is 0. The van der Waals surface area contributed by atoms with Crippen LogP contribution in [0.3, 0.4) is 0 Å². The largest absolute Gasteiger partial charge is 0.445 e. The van der Waals surface area contributed by atoms with E-state index in [1.807, 2.05) is 142 Å². The Hall–Kier alpha value is -4.84. The van der Waals surface area contributed by atoms with Gasteiger partial charge in [-0.05, 0) is 55.9 Å². The summed E-state index contributed by atoms with van der Waals surface area (Å²) in [6.07, 6.45) is 4.19. The Kier molecular flexibility index (Phi) is 11.8. The second-order valence-corrected chi connectivity index (χ2v) is 11.7. The maximum absolute atomic E-state index is 13.8. The molecule has 2 unspecified atom stereocenters. The van der Waals surface area contributed by atoms with Gasteiger partial charge in [0.2, 0.25) is 0 Å². The van der Waals surface area contributed by atoms with Crippen LogP contribution in [0.25, 0.3) is 0 Å². The average molecular weight is 591 g/mol. The highest BCUT2D eigenvalue weighted by Crippen LogP contribution is 2.18. The first kappa shape index (κ1) is 32.1. The number of hydrogen-bond acceptors (Lipinski definition) is 4. The molecule has 0 aliphatic carbocycles. The fraction of sp³-hybridized carbons (Fsp3) is 0.263. The quantitative estimate of drug-likeness (QED) is 0.169. The van der Waals surface area contributed by atoms with Crippen LogP contribution in [-0.4, -0.2) is 34.8 Å². The summed E-state index contributed by atoms with van der Waals surface area (Å²) < 4.78 is 11.4. The van der Waals surface area contributed by atoms with Crippen LogP contribution >= 0.6 is 0 Å². The van der Waals surface area contributed by atoms with Crippen molar-refractivity contribution in [2.45, 2.75) is 64.4 Å². The molecular weight excluding hydrogens is 548 g/mol. The number of hydrogen-bond donors (Lipinski definition) is 1. The molecule has 4 rings (SSSR count). The predicted molar refractivity (Wildman–Crippen MR) is 175 cm³/mol. The smallest absolute Gasteiger partial charge is 0.410 e. The van der Waals surface area contributed by atoms with Crippen molar-refractivity contribution in [3.63, 3.8) is 0 Å². The number of nitrogens with zero attached hydrogens (tertiary/aromatic N) is 1. The maximum atomic E-state index is 13.8. The number of carbonyl (C=O) groups excluding carboxylic acids is 2. The predicted octanol–water partition coefficient (Wildman–Crippen LogP) is 8.13. The van der Waals surface area contributed by atoms with Crippen LogP contribution in [0.4, 0.5) is 9.59 Å². The van der Waals surface area contributed by atoms with Crippen molar-refractivity contribution in [1.82, 2.24) is 10.2 Å². The molecule has 0 fully saturated rings. The van der Waals surface area contributed by atoms with Gasteiger partial charge in [0, 0.05) is 6.54 Å². The highest BCUT2D eigenvalue weighted by Gasteiger charge is 2.25. The monoisotopic (exact) mass is 590 g/mol. The highest BCUT2D eigenvalue weighted by molar-refractivity contribution is 5.69. The van der Waals surface area contributed by atoms with E-state index in [2.05, 4.69) is 17.4 Å². The third kappa shape index (κ3) is 11.1. The molecule has 6 nitrogen and oxygen atoms in total. The molecule has 0 spiro atoms. The molecule has 4 aromatic carbocycles. The third-order valence-electron chi connectivity index (χ3n) is 6.89. The summed E-state index contributed by atoms with van der Waals surface area (Å²) in [7, 11) is 0. The second kappa shape index (κ2) is 16.1. The van der Waals surface area contributed by atoms with Crippen molar-refractivity contribution in [3.05, 3.63) is 156 Å². The van der Waals surface area contributed by atoms with Gasteiger partial charge in [0.15, 0.2) is 0 Å². The van der Waals surface area contributed by atoms with E-state index in [-0.39, 0.29) is 18.7 Å². The molecule has 0 bridgehead atoms. The van der Waals surface area contributed by atoms with Crippen LogP contribution in [0.2, 0.25) is 0 Å². The Balaban J connectivity index is 1.65. The van der Waals surface area contributed by atoms with Gasteiger partial charge in [-0.1, -0.05) is 133 Å². The molecule has 6 heteroatoms. The molecule has 1 N–H and O–H groups in total. The number of rotatable bonds is 12.